The van der Waals surface area contributed by atoms with Crippen LogP contribution in [0, 0.1) is 0 Å². The maximum absolute atomic E-state index is 14.9. The van der Waals surface area contributed by atoms with Crippen LogP contribution < -0.4 is 16.5 Å². The number of nitrogens with two attached hydrogens (primary N) is 1. The van der Waals surface area contributed by atoms with Crippen LogP contribution in [0.2, 0.25) is 0 Å². The van der Waals surface area contributed by atoms with Crippen LogP contribution in [0.15, 0.2) is 17.1 Å². The fourth-order valence-electron chi connectivity index (χ4n) is 3.00. The van der Waals surface area contributed by atoms with E-state index < -0.39 is 69.3 Å². The number of nitrogens with zero attached hydrogens (tertiary/aromatic N) is 2. The van der Waals surface area contributed by atoms with E-state index in [1.54, 1.807) is 13.8 Å². The van der Waals surface area contributed by atoms with Crippen LogP contribution in [0.3, 0.4) is 0 Å². The van der Waals surface area contributed by atoms with Crippen molar-refractivity contribution in [1.82, 2.24) is 14.6 Å². The number of hydrogen-bond donors (Lipinski definition) is 2. The van der Waals surface area contributed by atoms with Crippen LogP contribution in [0.4, 0.5) is 14.6 Å². The van der Waals surface area contributed by atoms with E-state index in [1.807, 2.05) is 0 Å². The molecule has 2 aliphatic heterocycles. The highest BCUT2D eigenvalue weighted by Gasteiger charge is 2.62. The number of aromatic nitrogens is 2. The molecule has 174 valence electrons. The topological polar surface area (TPSA) is 153 Å². The first kappa shape index (κ1) is 23.7. The molecule has 5 atom stereocenters. The highest BCUT2D eigenvalue weighted by Crippen LogP contribution is 2.50. The quantitative estimate of drug-likeness (QED) is 0.466. The van der Waals surface area contributed by atoms with Crippen molar-refractivity contribution >= 4 is 19.5 Å². The van der Waals surface area contributed by atoms with Gasteiger partial charge in [0.25, 0.3) is 0 Å². The van der Waals surface area contributed by atoms with Crippen LogP contribution in [-0.2, 0) is 32.6 Å². The number of carbonyl (C=O) groups excluding carboxylic acids is 1. The molecule has 2 saturated heterocycles. The van der Waals surface area contributed by atoms with Gasteiger partial charge in [-0.25, -0.2) is 14.4 Å². The first-order valence-electron chi connectivity index (χ1n) is 9.30. The molecule has 12 nitrogen and oxygen atoms in total. The predicted molar refractivity (Wildman–Crippen MR) is 100.0 cm³/mol. The number of anilines is 1. The predicted octanol–water partition coefficient (Wildman–Crippen LogP) is 0.785. The standard InChI is InChI=1S/C16H23F2N4O8P/c1-8(2)29-13(23)9(3)21-31(25)27-6-10-12(26-7-28-31)16(17,18)14(30-10)22-5-4-11(19)20-15(22)24/h4-5,8-10,12,14H,6-7H2,1-3H3,(H,21,25)(H2,19,20,24)/t9-,10+,12+,14+,31?/m0/s1. The molecular weight excluding hydrogens is 445 g/mol. The van der Waals surface area contributed by atoms with Gasteiger partial charge in [0.2, 0.25) is 6.23 Å². The molecule has 3 N–H and O–H groups in total. The summed E-state index contributed by atoms with van der Waals surface area (Å²) >= 11 is 0. The van der Waals surface area contributed by atoms with Gasteiger partial charge in [0, 0.05) is 6.20 Å². The lowest BCUT2D eigenvalue weighted by Gasteiger charge is -2.29. The van der Waals surface area contributed by atoms with Crippen LogP contribution in [0.5, 0.6) is 0 Å². The Kier molecular flexibility index (Phi) is 6.79. The minimum absolute atomic E-state index is 0.140. The van der Waals surface area contributed by atoms with E-state index in [9.17, 15) is 22.9 Å². The molecule has 0 saturated carbocycles. The lowest BCUT2D eigenvalue weighted by atomic mass is 10.1. The minimum atomic E-state index is -4.14. The van der Waals surface area contributed by atoms with E-state index in [1.165, 1.54) is 6.92 Å². The molecule has 0 radical (unpaired) electrons. The summed E-state index contributed by atoms with van der Waals surface area (Å²) in [5.74, 6) is -4.53. The molecule has 0 bridgehead atoms. The zero-order chi connectivity index (χ0) is 23.0. The maximum atomic E-state index is 14.9. The van der Waals surface area contributed by atoms with Crippen molar-refractivity contribution in [3.05, 3.63) is 22.7 Å². The van der Waals surface area contributed by atoms with Crippen molar-refractivity contribution in [1.29, 1.82) is 0 Å². The zero-order valence-corrected chi connectivity index (χ0v) is 17.8. The first-order chi connectivity index (χ1) is 14.4. The first-order valence-corrected chi connectivity index (χ1v) is 10.8. The summed E-state index contributed by atoms with van der Waals surface area (Å²) in [6, 6.07) is 0.0823. The number of esters is 1. The summed E-state index contributed by atoms with van der Waals surface area (Å²) in [6.07, 6.45) is -4.70. The van der Waals surface area contributed by atoms with E-state index in [4.69, 9.17) is 29.0 Å². The van der Waals surface area contributed by atoms with E-state index in [0.717, 1.165) is 12.3 Å². The number of alkyl halides is 2. The summed E-state index contributed by atoms with van der Waals surface area (Å²) < 4.78 is 68.8. The van der Waals surface area contributed by atoms with E-state index >= 15 is 0 Å². The molecule has 0 amide bonds. The molecule has 0 spiro atoms. The Labute approximate surface area is 175 Å². The zero-order valence-electron chi connectivity index (χ0n) is 16.9. The molecule has 3 rings (SSSR count). The molecule has 31 heavy (non-hydrogen) atoms. The summed E-state index contributed by atoms with van der Waals surface area (Å²) in [6.45, 7) is 3.16. The van der Waals surface area contributed by atoms with E-state index in [0.29, 0.717) is 4.57 Å². The lowest BCUT2D eigenvalue weighted by Crippen LogP contribution is -2.45. The van der Waals surface area contributed by atoms with E-state index in [2.05, 4.69) is 10.1 Å². The third kappa shape index (κ3) is 5.10. The molecule has 1 unspecified atom stereocenters. The van der Waals surface area contributed by atoms with Crippen molar-refractivity contribution < 1.29 is 41.4 Å². The largest absolute Gasteiger partial charge is 0.462 e. The Morgan fingerprint density at radius 3 is 2.77 bits per heavy atom. The number of rotatable bonds is 5. The molecule has 15 heteroatoms. The third-order valence-corrected chi connectivity index (χ3v) is 6.03. The summed E-state index contributed by atoms with van der Waals surface area (Å²) in [7, 11) is -4.14. The summed E-state index contributed by atoms with van der Waals surface area (Å²) in [5.41, 5.74) is 4.34. The van der Waals surface area contributed by atoms with Gasteiger partial charge in [-0.15, -0.1) is 0 Å². The molecule has 1 aromatic rings. The van der Waals surface area contributed by atoms with Gasteiger partial charge in [0.15, 0.2) is 12.9 Å². The highest BCUT2D eigenvalue weighted by molar-refractivity contribution is 7.51. The van der Waals surface area contributed by atoms with Crippen LogP contribution in [0.25, 0.3) is 0 Å². The van der Waals surface area contributed by atoms with Crippen molar-refractivity contribution in [2.24, 2.45) is 0 Å². The van der Waals surface area contributed by atoms with Crippen LogP contribution in [0.1, 0.15) is 27.0 Å². The Bertz CT molecular complexity index is 929. The smallest absolute Gasteiger partial charge is 0.408 e. The average molecular weight is 468 g/mol. The number of nitrogens with one attached hydrogen (secondary N) is 1. The molecule has 1 aromatic heterocycles. The molecule has 0 aromatic carbocycles. The van der Waals surface area contributed by atoms with Crippen molar-refractivity contribution in [2.45, 2.75) is 57.3 Å². The number of fused-ring (bicyclic) bond motifs is 1. The SMILES string of the molecule is CC(C)OC(=O)[C@H](C)NP1(=O)OCO[C@@H]2[C@@H](CO1)O[C@@H](n1ccc(N)nc1=O)C2(F)F. The second-order valence-corrected chi connectivity index (χ2v) is 8.98. The Hall–Kier alpha value is -1.96. The third-order valence-electron chi connectivity index (χ3n) is 4.39. The van der Waals surface area contributed by atoms with Crippen molar-refractivity contribution in [3.63, 3.8) is 0 Å². The van der Waals surface area contributed by atoms with Gasteiger partial charge >= 0.3 is 25.3 Å². The molecular formula is C16H23F2N4O8P. The van der Waals surface area contributed by atoms with Crippen molar-refractivity contribution in [3.8, 4) is 0 Å². The number of hydrogen-bond acceptors (Lipinski definition) is 10. The highest BCUT2D eigenvalue weighted by atomic mass is 31.2. The van der Waals surface area contributed by atoms with Gasteiger partial charge in [0.05, 0.1) is 12.7 Å². The van der Waals surface area contributed by atoms with Crippen LogP contribution >= 0.6 is 7.75 Å². The average Bonchev–Trinajstić information content (AvgIpc) is 2.88. The number of halogens is 2. The van der Waals surface area contributed by atoms with Gasteiger partial charge in [0.1, 0.15) is 18.0 Å². The number of carbonyl (C=O) groups is 1. The maximum Gasteiger partial charge on any atom is 0.408 e. The van der Waals surface area contributed by atoms with Crippen molar-refractivity contribution in [2.75, 3.05) is 19.1 Å². The Morgan fingerprint density at radius 1 is 1.42 bits per heavy atom. The molecule has 2 aliphatic rings. The number of ether oxygens (including phenoxy) is 3. The molecule has 3 heterocycles. The Morgan fingerprint density at radius 2 is 2.13 bits per heavy atom. The lowest BCUT2D eigenvalue weighted by molar-refractivity contribution is -0.175. The summed E-state index contributed by atoms with van der Waals surface area (Å²) in [5, 5.41) is 2.36. The normalized spacial score (nSPS) is 31.5. The monoisotopic (exact) mass is 468 g/mol. The fraction of sp³-hybridized carbons (Fsp3) is 0.688. The van der Waals surface area contributed by atoms with Crippen LogP contribution in [-0.4, -0.2) is 59.2 Å². The van der Waals surface area contributed by atoms with Gasteiger partial charge in [-0.05, 0) is 26.8 Å². The van der Waals surface area contributed by atoms with Gasteiger partial charge < -0.3 is 19.9 Å². The molecule has 2 fully saturated rings. The Balaban J connectivity index is 1.74. The second-order valence-electron chi connectivity index (χ2n) is 7.21. The van der Waals surface area contributed by atoms with Gasteiger partial charge in [-0.3, -0.25) is 18.4 Å². The minimum Gasteiger partial charge on any atom is -0.462 e. The second kappa shape index (κ2) is 8.88. The van der Waals surface area contributed by atoms with Gasteiger partial charge in [-0.2, -0.15) is 13.8 Å². The molecule has 0 aliphatic carbocycles. The fourth-order valence-corrected chi connectivity index (χ4v) is 4.34. The number of nitrogen functional groups attached to an aromatic ring is 1. The summed E-state index contributed by atoms with van der Waals surface area (Å²) in [4.78, 5) is 27.3. The van der Waals surface area contributed by atoms with Gasteiger partial charge in [-0.1, -0.05) is 0 Å². The van der Waals surface area contributed by atoms with E-state index in [-0.39, 0.29) is 5.82 Å².